The van der Waals surface area contributed by atoms with Crippen LogP contribution in [0, 0.1) is 0 Å². The Morgan fingerprint density at radius 3 is 2.67 bits per heavy atom. The van der Waals surface area contributed by atoms with Crippen LogP contribution in [0.4, 0.5) is 0 Å². The smallest absolute Gasteiger partial charge is 0.339 e. The first-order valence-corrected chi connectivity index (χ1v) is 8.77. The summed E-state index contributed by atoms with van der Waals surface area (Å²) in [4.78, 5) is 23.5. The first-order valence-electron chi connectivity index (χ1n) is 8.77. The Bertz CT molecular complexity index is 928. The number of nitrogens with zero attached hydrogens (tertiary/aromatic N) is 2. The SMILES string of the molecule is CCc1oc(C(=O)NCc2ccnn2CCc2ccccc2)cc1C(=O)O. The summed E-state index contributed by atoms with van der Waals surface area (Å²) in [7, 11) is 0. The molecule has 0 unspecified atom stereocenters. The average molecular weight is 367 g/mol. The average Bonchev–Trinajstić information content (AvgIpc) is 3.32. The summed E-state index contributed by atoms with van der Waals surface area (Å²) in [5.74, 6) is -1.26. The van der Waals surface area contributed by atoms with Crippen LogP contribution in [0.2, 0.25) is 0 Å². The van der Waals surface area contributed by atoms with Gasteiger partial charge >= 0.3 is 5.97 Å². The third-order valence-electron chi connectivity index (χ3n) is 4.27. The highest BCUT2D eigenvalue weighted by atomic mass is 16.4. The number of carbonyl (C=O) groups excluding carboxylic acids is 1. The molecule has 2 aromatic heterocycles. The Balaban J connectivity index is 1.61. The van der Waals surface area contributed by atoms with Gasteiger partial charge in [0.05, 0.1) is 12.2 Å². The van der Waals surface area contributed by atoms with Crippen molar-refractivity contribution in [3.05, 3.63) is 77.0 Å². The number of aryl methyl sites for hydroxylation is 3. The molecule has 1 aromatic carbocycles. The molecule has 0 aliphatic rings. The summed E-state index contributed by atoms with van der Waals surface area (Å²) in [6.07, 6.45) is 2.93. The molecule has 0 atom stereocenters. The highest BCUT2D eigenvalue weighted by molar-refractivity contribution is 5.96. The van der Waals surface area contributed by atoms with Gasteiger partial charge in [0, 0.05) is 25.2 Å². The van der Waals surface area contributed by atoms with Crippen molar-refractivity contribution in [3.8, 4) is 0 Å². The highest BCUT2D eigenvalue weighted by Gasteiger charge is 2.20. The first-order chi connectivity index (χ1) is 13.1. The molecule has 0 bridgehead atoms. The summed E-state index contributed by atoms with van der Waals surface area (Å²) < 4.78 is 7.22. The van der Waals surface area contributed by atoms with Crippen LogP contribution >= 0.6 is 0 Å². The second kappa shape index (κ2) is 8.35. The van der Waals surface area contributed by atoms with Gasteiger partial charge in [-0.05, 0) is 18.1 Å². The number of aromatic carboxylic acids is 1. The molecule has 2 N–H and O–H groups in total. The molecular formula is C20H21N3O4. The van der Waals surface area contributed by atoms with Crippen molar-refractivity contribution in [2.45, 2.75) is 32.9 Å². The zero-order valence-corrected chi connectivity index (χ0v) is 15.0. The summed E-state index contributed by atoms with van der Waals surface area (Å²) in [5, 5.41) is 16.2. The van der Waals surface area contributed by atoms with Gasteiger partial charge in [-0.3, -0.25) is 9.48 Å². The van der Waals surface area contributed by atoms with Crippen molar-refractivity contribution in [2.24, 2.45) is 0 Å². The Morgan fingerprint density at radius 2 is 2.00 bits per heavy atom. The summed E-state index contributed by atoms with van der Waals surface area (Å²) in [6.45, 7) is 2.75. The lowest BCUT2D eigenvalue weighted by molar-refractivity contribution is 0.0694. The van der Waals surface area contributed by atoms with E-state index in [-0.39, 0.29) is 17.9 Å². The number of benzene rings is 1. The minimum absolute atomic E-state index is 0.000370. The van der Waals surface area contributed by atoms with Gasteiger partial charge in [0.1, 0.15) is 11.3 Å². The van der Waals surface area contributed by atoms with E-state index < -0.39 is 11.9 Å². The van der Waals surface area contributed by atoms with Crippen LogP contribution in [-0.2, 0) is 25.9 Å². The Hall–Kier alpha value is -3.35. The van der Waals surface area contributed by atoms with Gasteiger partial charge in [-0.15, -0.1) is 0 Å². The van der Waals surface area contributed by atoms with Crippen LogP contribution in [0.3, 0.4) is 0 Å². The van der Waals surface area contributed by atoms with Crippen LogP contribution in [-0.4, -0.2) is 26.8 Å². The van der Waals surface area contributed by atoms with E-state index in [9.17, 15) is 9.59 Å². The molecule has 0 radical (unpaired) electrons. The Morgan fingerprint density at radius 1 is 1.22 bits per heavy atom. The predicted octanol–water partition coefficient (Wildman–Crippen LogP) is 2.91. The van der Waals surface area contributed by atoms with Gasteiger partial charge in [-0.2, -0.15) is 5.10 Å². The molecule has 2 heterocycles. The number of rotatable bonds is 8. The normalized spacial score (nSPS) is 10.7. The van der Waals surface area contributed by atoms with E-state index in [1.807, 2.05) is 28.9 Å². The van der Waals surface area contributed by atoms with Gasteiger partial charge in [-0.1, -0.05) is 37.3 Å². The second-order valence-corrected chi connectivity index (χ2v) is 6.07. The van der Waals surface area contributed by atoms with Crippen LogP contribution in [0.5, 0.6) is 0 Å². The highest BCUT2D eigenvalue weighted by Crippen LogP contribution is 2.16. The Labute approximate surface area is 156 Å². The summed E-state index contributed by atoms with van der Waals surface area (Å²) in [5.41, 5.74) is 2.10. The molecular weight excluding hydrogens is 346 g/mol. The molecule has 0 aliphatic heterocycles. The molecule has 27 heavy (non-hydrogen) atoms. The van der Waals surface area contributed by atoms with Crippen molar-refractivity contribution >= 4 is 11.9 Å². The number of hydrogen-bond donors (Lipinski definition) is 2. The van der Waals surface area contributed by atoms with Crippen molar-refractivity contribution < 1.29 is 19.1 Å². The standard InChI is InChI=1S/C20H21N3O4/c1-2-17-16(20(25)26)12-18(27-17)19(24)21-13-15-8-10-22-23(15)11-9-14-6-4-3-5-7-14/h3-8,10,12H,2,9,11,13H2,1H3,(H,21,24)(H,25,26). The van der Waals surface area contributed by atoms with E-state index in [0.29, 0.717) is 18.7 Å². The van der Waals surface area contributed by atoms with E-state index in [0.717, 1.165) is 12.1 Å². The fraction of sp³-hybridized carbons (Fsp3) is 0.250. The summed E-state index contributed by atoms with van der Waals surface area (Å²) in [6, 6.07) is 13.2. The van der Waals surface area contributed by atoms with E-state index in [4.69, 9.17) is 9.52 Å². The number of amides is 1. The maximum Gasteiger partial charge on any atom is 0.339 e. The van der Waals surface area contributed by atoms with E-state index in [1.54, 1.807) is 13.1 Å². The lowest BCUT2D eigenvalue weighted by Gasteiger charge is -2.08. The number of carboxylic acid groups (broad SMARTS) is 1. The van der Waals surface area contributed by atoms with Crippen molar-refractivity contribution in [2.75, 3.05) is 0 Å². The number of hydrogen-bond acceptors (Lipinski definition) is 4. The summed E-state index contributed by atoms with van der Waals surface area (Å²) >= 11 is 0. The van der Waals surface area contributed by atoms with Crippen molar-refractivity contribution in [1.29, 1.82) is 0 Å². The van der Waals surface area contributed by atoms with Crippen LogP contribution in [0.1, 0.15) is 44.9 Å². The first kappa shape index (κ1) is 18.4. The van der Waals surface area contributed by atoms with E-state index in [2.05, 4.69) is 22.5 Å². The molecule has 0 saturated heterocycles. The van der Waals surface area contributed by atoms with Crippen LogP contribution < -0.4 is 5.32 Å². The maximum absolute atomic E-state index is 12.3. The molecule has 0 spiro atoms. The fourth-order valence-corrected chi connectivity index (χ4v) is 2.83. The zero-order valence-electron chi connectivity index (χ0n) is 15.0. The minimum Gasteiger partial charge on any atom is -0.478 e. The molecule has 0 aliphatic carbocycles. The predicted molar refractivity (Wildman–Crippen MR) is 98.6 cm³/mol. The number of nitrogens with one attached hydrogen (secondary N) is 1. The molecule has 7 heteroatoms. The van der Waals surface area contributed by atoms with Gasteiger partial charge in [0.15, 0.2) is 5.76 Å². The molecule has 0 fully saturated rings. The lowest BCUT2D eigenvalue weighted by atomic mass is 10.1. The molecule has 1 amide bonds. The van der Waals surface area contributed by atoms with Gasteiger partial charge in [0.25, 0.3) is 5.91 Å². The number of carboxylic acids is 1. The van der Waals surface area contributed by atoms with Gasteiger partial charge < -0.3 is 14.8 Å². The lowest BCUT2D eigenvalue weighted by Crippen LogP contribution is -2.24. The van der Waals surface area contributed by atoms with Crippen LogP contribution in [0.25, 0.3) is 0 Å². The Kier molecular flexibility index (Phi) is 5.71. The topological polar surface area (TPSA) is 97.4 Å². The molecule has 3 aromatic rings. The monoisotopic (exact) mass is 367 g/mol. The zero-order chi connectivity index (χ0) is 19.2. The number of carbonyl (C=O) groups is 2. The third kappa shape index (κ3) is 4.44. The van der Waals surface area contributed by atoms with E-state index in [1.165, 1.54) is 11.6 Å². The quantitative estimate of drug-likeness (QED) is 0.638. The fourth-order valence-electron chi connectivity index (χ4n) is 2.83. The largest absolute Gasteiger partial charge is 0.478 e. The minimum atomic E-state index is -1.10. The second-order valence-electron chi connectivity index (χ2n) is 6.07. The molecule has 7 nitrogen and oxygen atoms in total. The van der Waals surface area contributed by atoms with Crippen LogP contribution in [0.15, 0.2) is 53.1 Å². The molecule has 0 saturated carbocycles. The maximum atomic E-state index is 12.3. The number of furan rings is 1. The van der Waals surface area contributed by atoms with Gasteiger partial charge in [-0.25, -0.2) is 4.79 Å². The van der Waals surface area contributed by atoms with Crippen molar-refractivity contribution in [1.82, 2.24) is 15.1 Å². The molecule has 140 valence electrons. The van der Waals surface area contributed by atoms with Gasteiger partial charge in [0.2, 0.25) is 0 Å². The molecule has 3 rings (SSSR count). The third-order valence-corrected chi connectivity index (χ3v) is 4.27. The number of aromatic nitrogens is 2. The van der Waals surface area contributed by atoms with E-state index >= 15 is 0 Å². The van der Waals surface area contributed by atoms with Crippen molar-refractivity contribution in [3.63, 3.8) is 0 Å².